The molecule has 18 heavy (non-hydrogen) atoms. The smallest absolute Gasteiger partial charge is 0.0865 e. The van der Waals surface area contributed by atoms with E-state index in [1.165, 1.54) is 0 Å². The van der Waals surface area contributed by atoms with Gasteiger partial charge >= 0.3 is 0 Å². The Labute approximate surface area is 112 Å². The predicted molar refractivity (Wildman–Crippen MR) is 78.4 cm³/mol. The third kappa shape index (κ3) is 6.97. The van der Waals surface area contributed by atoms with E-state index < -0.39 is 11.2 Å². The lowest BCUT2D eigenvalue weighted by molar-refractivity contribution is 0.0768. The van der Waals surface area contributed by atoms with Crippen LogP contribution in [0, 0.1) is 11.8 Å². The van der Waals surface area contributed by atoms with Crippen LogP contribution in [0.2, 0.25) is 0 Å². The molecule has 0 spiro atoms. The molecular weight excluding hydrogens is 224 g/mol. The zero-order valence-corrected chi connectivity index (χ0v) is 12.8. The highest BCUT2D eigenvalue weighted by molar-refractivity contribution is 5.26. The summed E-state index contributed by atoms with van der Waals surface area (Å²) < 4.78 is 0. The Morgan fingerprint density at radius 2 is 1.50 bits per heavy atom. The first-order valence-electron chi connectivity index (χ1n) is 6.79. The first-order valence-corrected chi connectivity index (χ1v) is 6.79. The molecule has 0 aromatic heterocycles. The molecule has 0 aliphatic heterocycles. The molecule has 0 bridgehead atoms. The highest BCUT2D eigenvalue weighted by Gasteiger charge is 2.25. The lowest BCUT2D eigenvalue weighted by Gasteiger charge is -2.27. The molecule has 2 heteroatoms. The lowest BCUT2D eigenvalue weighted by Crippen LogP contribution is -2.28. The van der Waals surface area contributed by atoms with Crippen molar-refractivity contribution in [3.05, 3.63) is 24.3 Å². The highest BCUT2D eigenvalue weighted by atomic mass is 16.3. The van der Waals surface area contributed by atoms with Gasteiger partial charge in [0.15, 0.2) is 0 Å². The average Bonchev–Trinajstić information content (AvgIpc) is 2.09. The molecule has 0 amide bonds. The van der Waals surface area contributed by atoms with Gasteiger partial charge in [-0.15, -0.1) is 0 Å². The van der Waals surface area contributed by atoms with Crippen molar-refractivity contribution in [2.75, 3.05) is 0 Å². The van der Waals surface area contributed by atoms with E-state index in [0.717, 1.165) is 0 Å². The van der Waals surface area contributed by atoms with Gasteiger partial charge in [0, 0.05) is 0 Å². The minimum atomic E-state index is -0.904. The van der Waals surface area contributed by atoms with Crippen LogP contribution in [-0.2, 0) is 0 Å². The van der Waals surface area contributed by atoms with Gasteiger partial charge in [-0.25, -0.2) is 0 Å². The zero-order chi connectivity index (χ0) is 14.6. The molecular formula is C16H30O2. The first kappa shape index (κ1) is 17.4. The van der Waals surface area contributed by atoms with Crippen LogP contribution in [0.25, 0.3) is 0 Å². The second kappa shape index (κ2) is 6.53. The topological polar surface area (TPSA) is 40.5 Å². The molecule has 2 nitrogen and oxygen atoms in total. The van der Waals surface area contributed by atoms with Gasteiger partial charge in [0.1, 0.15) is 0 Å². The van der Waals surface area contributed by atoms with E-state index >= 15 is 0 Å². The summed E-state index contributed by atoms with van der Waals surface area (Å²) in [6, 6.07) is 0. The standard InChI is InChI=1S/C16H30O2/c1-12(2)10-15(6,17)9-8-14(5)16(7,18)11-13(3)4/h8-9,12-13,17-18H,5,10-11H2,1-4,6-7H3/b9-8+. The fraction of sp³-hybridized carbons (Fsp3) is 0.750. The molecule has 106 valence electrons. The molecule has 0 aromatic carbocycles. The maximum Gasteiger partial charge on any atom is 0.0865 e. The molecule has 0 radical (unpaired) electrons. The average molecular weight is 254 g/mol. The van der Waals surface area contributed by atoms with Gasteiger partial charge in [-0.3, -0.25) is 0 Å². The summed E-state index contributed by atoms with van der Waals surface area (Å²) in [4.78, 5) is 0. The van der Waals surface area contributed by atoms with Crippen molar-refractivity contribution in [3.63, 3.8) is 0 Å². The third-order valence-electron chi connectivity index (χ3n) is 2.96. The number of aliphatic hydroxyl groups is 2. The van der Waals surface area contributed by atoms with Crippen molar-refractivity contribution < 1.29 is 10.2 Å². The van der Waals surface area contributed by atoms with E-state index in [1.54, 1.807) is 26.0 Å². The Balaban J connectivity index is 4.64. The minimum Gasteiger partial charge on any atom is -0.386 e. The second-order valence-electron chi connectivity index (χ2n) is 6.69. The lowest BCUT2D eigenvalue weighted by atomic mass is 9.86. The third-order valence-corrected chi connectivity index (χ3v) is 2.96. The van der Waals surface area contributed by atoms with E-state index in [-0.39, 0.29) is 0 Å². The summed E-state index contributed by atoms with van der Waals surface area (Å²) >= 11 is 0. The SMILES string of the molecule is C=C(/C=C/C(C)(O)CC(C)C)C(C)(O)CC(C)C. The summed E-state index contributed by atoms with van der Waals surface area (Å²) in [5.41, 5.74) is -1.09. The van der Waals surface area contributed by atoms with E-state index in [9.17, 15) is 10.2 Å². The summed E-state index contributed by atoms with van der Waals surface area (Å²) in [6.45, 7) is 15.8. The van der Waals surface area contributed by atoms with Gasteiger partial charge in [0.05, 0.1) is 11.2 Å². The fourth-order valence-corrected chi connectivity index (χ4v) is 2.28. The van der Waals surface area contributed by atoms with Crippen LogP contribution in [0.15, 0.2) is 24.3 Å². The van der Waals surface area contributed by atoms with E-state index in [0.29, 0.717) is 30.3 Å². The molecule has 2 unspecified atom stereocenters. The fourth-order valence-electron chi connectivity index (χ4n) is 2.28. The van der Waals surface area contributed by atoms with Crippen molar-refractivity contribution in [2.45, 2.75) is 65.6 Å². The van der Waals surface area contributed by atoms with Crippen LogP contribution in [0.5, 0.6) is 0 Å². The molecule has 0 saturated carbocycles. The van der Waals surface area contributed by atoms with Crippen molar-refractivity contribution in [1.29, 1.82) is 0 Å². The van der Waals surface area contributed by atoms with Crippen molar-refractivity contribution in [3.8, 4) is 0 Å². The van der Waals surface area contributed by atoms with E-state index in [1.807, 2.05) is 0 Å². The summed E-state index contributed by atoms with van der Waals surface area (Å²) in [6.07, 6.45) is 4.86. The van der Waals surface area contributed by atoms with Crippen LogP contribution in [0.3, 0.4) is 0 Å². The van der Waals surface area contributed by atoms with Crippen LogP contribution < -0.4 is 0 Å². The van der Waals surface area contributed by atoms with Gasteiger partial charge in [-0.05, 0) is 44.1 Å². The van der Waals surface area contributed by atoms with Crippen molar-refractivity contribution in [2.24, 2.45) is 11.8 Å². The molecule has 2 atom stereocenters. The Morgan fingerprint density at radius 3 is 1.89 bits per heavy atom. The Morgan fingerprint density at radius 1 is 1.06 bits per heavy atom. The minimum absolute atomic E-state index is 0.404. The molecule has 0 saturated heterocycles. The molecule has 0 fully saturated rings. The van der Waals surface area contributed by atoms with Crippen LogP contribution in [-0.4, -0.2) is 21.4 Å². The van der Waals surface area contributed by atoms with Gasteiger partial charge in [0.25, 0.3) is 0 Å². The predicted octanol–water partition coefficient (Wildman–Crippen LogP) is 3.69. The van der Waals surface area contributed by atoms with Crippen molar-refractivity contribution >= 4 is 0 Å². The first-order chi connectivity index (χ1) is 7.96. The maximum atomic E-state index is 10.3. The van der Waals surface area contributed by atoms with Crippen LogP contribution in [0.4, 0.5) is 0 Å². The Hall–Kier alpha value is -0.600. The monoisotopic (exact) mass is 254 g/mol. The summed E-state index contributed by atoms with van der Waals surface area (Å²) in [7, 11) is 0. The van der Waals surface area contributed by atoms with Crippen LogP contribution in [0.1, 0.15) is 54.4 Å². The van der Waals surface area contributed by atoms with Crippen molar-refractivity contribution in [1.82, 2.24) is 0 Å². The summed E-state index contributed by atoms with van der Waals surface area (Å²) in [5, 5.41) is 20.5. The highest BCUT2D eigenvalue weighted by Crippen LogP contribution is 2.26. The quantitative estimate of drug-likeness (QED) is 0.680. The Bertz CT molecular complexity index is 296. The van der Waals surface area contributed by atoms with Gasteiger partial charge in [-0.1, -0.05) is 46.4 Å². The summed E-state index contributed by atoms with van der Waals surface area (Å²) in [5.74, 6) is 0.829. The largest absolute Gasteiger partial charge is 0.386 e. The zero-order valence-electron chi connectivity index (χ0n) is 12.8. The molecule has 0 aromatic rings. The van der Waals surface area contributed by atoms with E-state index in [4.69, 9.17) is 0 Å². The Kier molecular flexibility index (Phi) is 6.32. The molecule has 0 aliphatic carbocycles. The van der Waals surface area contributed by atoms with Gasteiger partial charge in [-0.2, -0.15) is 0 Å². The normalized spacial score (nSPS) is 19.2. The molecule has 0 aliphatic rings. The molecule has 2 N–H and O–H groups in total. The van der Waals surface area contributed by atoms with Gasteiger partial charge in [0.2, 0.25) is 0 Å². The van der Waals surface area contributed by atoms with Gasteiger partial charge < -0.3 is 10.2 Å². The second-order valence-corrected chi connectivity index (χ2v) is 6.69. The van der Waals surface area contributed by atoms with E-state index in [2.05, 4.69) is 34.3 Å². The molecule has 0 rings (SSSR count). The number of hydrogen-bond acceptors (Lipinski definition) is 2. The van der Waals surface area contributed by atoms with Crippen LogP contribution >= 0.6 is 0 Å². The number of rotatable bonds is 7. The molecule has 0 heterocycles. The maximum absolute atomic E-state index is 10.3. The number of hydrogen-bond donors (Lipinski definition) is 2.